The van der Waals surface area contributed by atoms with Crippen LogP contribution in [0.1, 0.15) is 29.8 Å². The van der Waals surface area contributed by atoms with Crippen molar-refractivity contribution in [3.8, 4) is 0 Å². The van der Waals surface area contributed by atoms with Gasteiger partial charge in [0.2, 0.25) is 0 Å². The maximum atomic E-state index is 6.15. The Morgan fingerprint density at radius 2 is 2.07 bits per heavy atom. The number of nitrogen functional groups attached to an aromatic ring is 1. The van der Waals surface area contributed by atoms with E-state index in [1.807, 2.05) is 6.92 Å². The number of aryl methyl sites for hydroxylation is 2. The fraction of sp³-hybridized carbons (Fsp3) is 0.455. The summed E-state index contributed by atoms with van der Waals surface area (Å²) in [6, 6.07) is 0. The van der Waals surface area contributed by atoms with E-state index in [4.69, 9.17) is 10.3 Å². The Labute approximate surface area is 87.5 Å². The van der Waals surface area contributed by atoms with Crippen molar-refractivity contribution in [2.24, 2.45) is 0 Å². The minimum absolute atomic E-state index is 0.589. The normalized spacial score (nSPS) is 15.5. The number of aromatic nitrogens is 2. The summed E-state index contributed by atoms with van der Waals surface area (Å²) in [6.45, 7) is 1.90. The Morgan fingerprint density at radius 1 is 1.27 bits per heavy atom. The third kappa shape index (κ3) is 1.14. The number of fused-ring (bicyclic) bond motifs is 2. The molecular weight excluding hydrogens is 190 g/mol. The van der Waals surface area contributed by atoms with Crippen molar-refractivity contribution in [3.63, 3.8) is 0 Å². The van der Waals surface area contributed by atoms with Crippen LogP contribution in [-0.2, 0) is 12.8 Å². The third-order valence-electron chi connectivity index (χ3n) is 3.11. The van der Waals surface area contributed by atoms with Gasteiger partial charge < -0.3 is 10.3 Å². The Hall–Kier alpha value is -1.58. The van der Waals surface area contributed by atoms with Crippen molar-refractivity contribution >= 4 is 16.8 Å². The van der Waals surface area contributed by atoms with E-state index in [2.05, 4.69) is 10.1 Å². The zero-order chi connectivity index (χ0) is 10.4. The largest absolute Gasteiger partial charge is 0.398 e. The molecule has 2 heterocycles. The van der Waals surface area contributed by atoms with Crippen molar-refractivity contribution in [3.05, 3.63) is 17.0 Å². The fourth-order valence-corrected chi connectivity index (χ4v) is 2.32. The summed E-state index contributed by atoms with van der Waals surface area (Å²) in [5, 5.41) is 4.81. The topological polar surface area (TPSA) is 64.9 Å². The molecule has 0 amide bonds. The molecule has 4 nitrogen and oxygen atoms in total. The lowest BCUT2D eigenvalue weighted by Crippen LogP contribution is -2.09. The smallest absolute Gasteiger partial charge is 0.260 e. The minimum atomic E-state index is 0.589. The summed E-state index contributed by atoms with van der Waals surface area (Å²) in [7, 11) is 0. The fourth-order valence-electron chi connectivity index (χ4n) is 2.32. The van der Waals surface area contributed by atoms with Gasteiger partial charge in [-0.25, -0.2) is 4.98 Å². The Kier molecular flexibility index (Phi) is 1.71. The highest BCUT2D eigenvalue weighted by molar-refractivity contribution is 5.91. The molecule has 4 heteroatoms. The second-order valence-electron chi connectivity index (χ2n) is 4.11. The van der Waals surface area contributed by atoms with Gasteiger partial charge in [0.05, 0.1) is 16.8 Å². The maximum Gasteiger partial charge on any atom is 0.260 e. The van der Waals surface area contributed by atoms with Crippen LogP contribution in [0, 0.1) is 6.92 Å². The molecule has 2 aromatic heterocycles. The Bertz CT molecular complexity index is 530. The minimum Gasteiger partial charge on any atom is -0.398 e. The molecule has 0 radical (unpaired) electrons. The van der Waals surface area contributed by atoms with E-state index in [0.29, 0.717) is 5.71 Å². The van der Waals surface area contributed by atoms with Crippen LogP contribution in [0.2, 0.25) is 0 Å². The van der Waals surface area contributed by atoms with Crippen LogP contribution in [0.15, 0.2) is 4.52 Å². The van der Waals surface area contributed by atoms with Gasteiger partial charge in [0.15, 0.2) is 0 Å². The van der Waals surface area contributed by atoms with Crippen LogP contribution >= 0.6 is 0 Å². The predicted molar refractivity (Wildman–Crippen MR) is 57.6 cm³/mol. The second kappa shape index (κ2) is 2.95. The molecule has 0 aromatic carbocycles. The summed E-state index contributed by atoms with van der Waals surface area (Å²) < 4.78 is 5.15. The van der Waals surface area contributed by atoms with Gasteiger partial charge in [-0.2, -0.15) is 0 Å². The summed E-state index contributed by atoms with van der Waals surface area (Å²) >= 11 is 0. The average Bonchev–Trinajstić information content (AvgIpc) is 2.61. The van der Waals surface area contributed by atoms with Crippen LogP contribution in [0.4, 0.5) is 5.69 Å². The zero-order valence-corrected chi connectivity index (χ0v) is 8.71. The molecule has 0 spiro atoms. The standard InChI is InChI=1S/C11H13N3O/c1-6-9-10(12)7-4-2-3-5-8(7)13-11(9)15-14-6/h2-5H2,1H3,(H2,12,13). The van der Waals surface area contributed by atoms with Crippen LogP contribution in [0.5, 0.6) is 0 Å². The predicted octanol–water partition coefficient (Wildman–Crippen LogP) is 1.99. The molecule has 78 valence electrons. The number of hydrogen-bond donors (Lipinski definition) is 1. The van der Waals surface area contributed by atoms with E-state index in [0.717, 1.165) is 35.3 Å². The molecular formula is C11H13N3O. The summed E-state index contributed by atoms with van der Waals surface area (Å²) in [4.78, 5) is 4.49. The maximum absolute atomic E-state index is 6.15. The van der Waals surface area contributed by atoms with Crippen LogP contribution < -0.4 is 5.73 Å². The number of nitrogens with two attached hydrogens (primary N) is 1. The first-order valence-electron chi connectivity index (χ1n) is 5.30. The highest BCUT2D eigenvalue weighted by atomic mass is 16.5. The van der Waals surface area contributed by atoms with Crippen LogP contribution in [0.25, 0.3) is 11.1 Å². The number of pyridine rings is 1. The molecule has 0 saturated carbocycles. The lowest BCUT2D eigenvalue weighted by molar-refractivity contribution is 0.441. The Balaban J connectivity index is 2.38. The van der Waals surface area contributed by atoms with Gasteiger partial charge >= 0.3 is 0 Å². The first kappa shape index (κ1) is 8.71. The molecule has 3 rings (SSSR count). The lowest BCUT2D eigenvalue weighted by atomic mass is 9.93. The van der Waals surface area contributed by atoms with Gasteiger partial charge in [-0.15, -0.1) is 0 Å². The van der Waals surface area contributed by atoms with Gasteiger partial charge in [0, 0.05) is 5.69 Å². The summed E-state index contributed by atoms with van der Waals surface area (Å²) in [5.41, 5.74) is 10.7. The highest BCUT2D eigenvalue weighted by Crippen LogP contribution is 2.32. The molecule has 1 aliphatic rings. The SMILES string of the molecule is Cc1noc2nc3c(c(N)c12)CCCC3. The molecule has 0 atom stereocenters. The lowest BCUT2D eigenvalue weighted by Gasteiger charge is -2.16. The number of rotatable bonds is 0. The van der Waals surface area contributed by atoms with Crippen molar-refractivity contribution in [1.82, 2.24) is 10.1 Å². The van der Waals surface area contributed by atoms with Crippen molar-refractivity contribution in [2.45, 2.75) is 32.6 Å². The van der Waals surface area contributed by atoms with Gasteiger partial charge in [-0.3, -0.25) is 0 Å². The molecule has 0 unspecified atom stereocenters. The van der Waals surface area contributed by atoms with Crippen LogP contribution in [0.3, 0.4) is 0 Å². The van der Waals surface area contributed by atoms with Crippen LogP contribution in [-0.4, -0.2) is 10.1 Å². The molecule has 0 fully saturated rings. The zero-order valence-electron chi connectivity index (χ0n) is 8.71. The molecule has 0 bridgehead atoms. The molecule has 1 aliphatic carbocycles. The third-order valence-corrected chi connectivity index (χ3v) is 3.11. The first-order chi connectivity index (χ1) is 7.27. The van der Waals surface area contributed by atoms with E-state index in [9.17, 15) is 0 Å². The highest BCUT2D eigenvalue weighted by Gasteiger charge is 2.19. The molecule has 0 saturated heterocycles. The quantitative estimate of drug-likeness (QED) is 0.711. The van der Waals surface area contributed by atoms with Gasteiger partial charge in [-0.1, -0.05) is 5.16 Å². The van der Waals surface area contributed by atoms with E-state index >= 15 is 0 Å². The number of anilines is 1. The number of nitrogens with zero attached hydrogens (tertiary/aromatic N) is 2. The van der Waals surface area contributed by atoms with Gasteiger partial charge in [0.25, 0.3) is 5.71 Å². The van der Waals surface area contributed by atoms with E-state index in [1.54, 1.807) is 0 Å². The van der Waals surface area contributed by atoms with Crippen molar-refractivity contribution in [1.29, 1.82) is 0 Å². The summed E-state index contributed by atoms with van der Waals surface area (Å²) in [6.07, 6.45) is 4.44. The number of hydrogen-bond acceptors (Lipinski definition) is 4. The summed E-state index contributed by atoms with van der Waals surface area (Å²) in [5.74, 6) is 0. The first-order valence-corrected chi connectivity index (χ1v) is 5.30. The van der Waals surface area contributed by atoms with Gasteiger partial charge in [0.1, 0.15) is 0 Å². The second-order valence-corrected chi connectivity index (χ2v) is 4.11. The van der Waals surface area contributed by atoms with Crippen molar-refractivity contribution in [2.75, 3.05) is 5.73 Å². The monoisotopic (exact) mass is 203 g/mol. The molecule has 15 heavy (non-hydrogen) atoms. The Morgan fingerprint density at radius 3 is 2.93 bits per heavy atom. The van der Waals surface area contributed by atoms with E-state index in [1.165, 1.54) is 18.4 Å². The van der Waals surface area contributed by atoms with Gasteiger partial charge in [-0.05, 0) is 38.2 Å². The van der Waals surface area contributed by atoms with E-state index < -0.39 is 0 Å². The van der Waals surface area contributed by atoms with E-state index in [-0.39, 0.29) is 0 Å². The molecule has 2 aromatic rings. The molecule has 2 N–H and O–H groups in total. The van der Waals surface area contributed by atoms with Crippen molar-refractivity contribution < 1.29 is 4.52 Å². The average molecular weight is 203 g/mol. The molecule has 0 aliphatic heterocycles.